The van der Waals surface area contributed by atoms with Gasteiger partial charge in [-0.2, -0.15) is 0 Å². The van der Waals surface area contributed by atoms with Crippen molar-refractivity contribution >= 4 is 22.8 Å². The number of hydrogen-bond acceptors (Lipinski definition) is 7. The molecule has 1 fully saturated rings. The molecule has 38 heavy (non-hydrogen) atoms. The molecule has 4 heterocycles. The molecule has 0 aliphatic carbocycles. The number of aromatic nitrogens is 5. The zero-order valence-corrected chi connectivity index (χ0v) is 23.2. The second-order valence-electron chi connectivity index (χ2n) is 10.8. The van der Waals surface area contributed by atoms with E-state index in [1.165, 1.54) is 6.20 Å². The van der Waals surface area contributed by atoms with E-state index in [4.69, 9.17) is 4.98 Å². The number of benzene rings is 1. The van der Waals surface area contributed by atoms with Crippen molar-refractivity contribution in [1.29, 1.82) is 0 Å². The van der Waals surface area contributed by atoms with Crippen LogP contribution in [0.25, 0.3) is 22.3 Å². The van der Waals surface area contributed by atoms with Crippen LogP contribution in [0.15, 0.2) is 36.7 Å². The molecular formula is C29H37FN8. The number of aryl methyl sites for hydroxylation is 2. The minimum absolute atomic E-state index is 0.237. The fraction of sp³-hybridized carbons (Fsp3) is 0.448. The van der Waals surface area contributed by atoms with Gasteiger partial charge in [-0.25, -0.2) is 24.3 Å². The van der Waals surface area contributed by atoms with E-state index < -0.39 is 5.82 Å². The average Bonchev–Trinajstić information content (AvgIpc) is 3.23. The number of pyridine rings is 1. The molecule has 9 heteroatoms. The highest BCUT2D eigenvalue weighted by Gasteiger charge is 2.19. The van der Waals surface area contributed by atoms with E-state index in [9.17, 15) is 4.39 Å². The Hall–Kier alpha value is -3.43. The lowest BCUT2D eigenvalue weighted by Gasteiger charge is -2.36. The second kappa shape index (κ2) is 10.7. The van der Waals surface area contributed by atoms with Crippen molar-refractivity contribution in [2.75, 3.05) is 31.5 Å². The molecule has 3 aromatic heterocycles. The zero-order valence-electron chi connectivity index (χ0n) is 23.2. The minimum Gasteiger partial charge on any atom is -0.326 e. The molecule has 1 saturated heterocycles. The predicted molar refractivity (Wildman–Crippen MR) is 150 cm³/mol. The Morgan fingerprint density at radius 3 is 2.34 bits per heavy atom. The largest absolute Gasteiger partial charge is 0.326 e. The first-order chi connectivity index (χ1) is 18.2. The molecule has 1 N–H and O–H groups in total. The van der Waals surface area contributed by atoms with E-state index in [2.05, 4.69) is 68.4 Å². The van der Waals surface area contributed by atoms with Gasteiger partial charge in [-0.15, -0.1) is 0 Å². The maximum Gasteiger partial charge on any atom is 0.229 e. The van der Waals surface area contributed by atoms with Crippen LogP contribution in [0.5, 0.6) is 0 Å². The third kappa shape index (κ3) is 5.39. The lowest BCUT2D eigenvalue weighted by molar-refractivity contribution is 0.104. The summed E-state index contributed by atoms with van der Waals surface area (Å²) in [7, 11) is 0. The highest BCUT2D eigenvalue weighted by Crippen LogP contribution is 2.30. The Bertz CT molecular complexity index is 1420. The van der Waals surface area contributed by atoms with Gasteiger partial charge < -0.3 is 9.88 Å². The smallest absolute Gasteiger partial charge is 0.229 e. The summed E-state index contributed by atoms with van der Waals surface area (Å²) in [5, 5.41) is 3.14. The van der Waals surface area contributed by atoms with Gasteiger partial charge in [-0.05, 0) is 70.9 Å². The Balaban J connectivity index is 1.33. The Labute approximate surface area is 223 Å². The van der Waals surface area contributed by atoms with E-state index in [-0.39, 0.29) is 11.7 Å². The fourth-order valence-corrected chi connectivity index (χ4v) is 5.30. The maximum absolute atomic E-state index is 14.9. The SMILES string of the molecule is Cc1cc(-c2nc(Nc3ccc(CN4CCN(C(C)C)CC4)cn3)ncc2F)cc2c1nc(C)n2C(C)C. The number of piperazine rings is 1. The molecule has 0 amide bonds. The summed E-state index contributed by atoms with van der Waals surface area (Å²) in [6, 6.07) is 8.72. The van der Waals surface area contributed by atoms with Crippen molar-refractivity contribution < 1.29 is 4.39 Å². The summed E-state index contributed by atoms with van der Waals surface area (Å²) in [6.07, 6.45) is 3.09. The van der Waals surface area contributed by atoms with Gasteiger partial charge >= 0.3 is 0 Å². The molecule has 0 spiro atoms. The first-order valence-corrected chi connectivity index (χ1v) is 13.4. The molecule has 0 bridgehead atoms. The molecule has 4 aromatic rings. The van der Waals surface area contributed by atoms with Gasteiger partial charge in [0.25, 0.3) is 0 Å². The van der Waals surface area contributed by atoms with E-state index in [0.29, 0.717) is 23.4 Å². The highest BCUT2D eigenvalue weighted by atomic mass is 19.1. The van der Waals surface area contributed by atoms with Crippen molar-refractivity contribution in [2.24, 2.45) is 0 Å². The second-order valence-corrected chi connectivity index (χ2v) is 10.8. The van der Waals surface area contributed by atoms with Crippen LogP contribution in [0, 0.1) is 19.7 Å². The lowest BCUT2D eigenvalue weighted by atomic mass is 10.1. The quantitative estimate of drug-likeness (QED) is 0.348. The van der Waals surface area contributed by atoms with Crippen molar-refractivity contribution in [3.05, 3.63) is 59.4 Å². The first kappa shape index (κ1) is 26.2. The van der Waals surface area contributed by atoms with Gasteiger partial charge in [0, 0.05) is 56.6 Å². The Morgan fingerprint density at radius 2 is 1.68 bits per heavy atom. The number of anilines is 2. The third-order valence-corrected chi connectivity index (χ3v) is 7.30. The fourth-order valence-electron chi connectivity index (χ4n) is 5.30. The molecule has 0 radical (unpaired) electrons. The van der Waals surface area contributed by atoms with Gasteiger partial charge in [0.05, 0.1) is 17.2 Å². The normalized spacial score (nSPS) is 15.2. The maximum atomic E-state index is 14.9. The molecule has 8 nitrogen and oxygen atoms in total. The Kier molecular flexibility index (Phi) is 7.40. The molecule has 0 unspecified atom stereocenters. The summed E-state index contributed by atoms with van der Waals surface area (Å²) >= 11 is 0. The van der Waals surface area contributed by atoms with Crippen LogP contribution in [0.3, 0.4) is 0 Å². The number of nitrogens with one attached hydrogen (secondary N) is 1. The number of nitrogens with zero attached hydrogens (tertiary/aromatic N) is 7. The average molecular weight is 517 g/mol. The van der Waals surface area contributed by atoms with Gasteiger partial charge in [0.15, 0.2) is 5.82 Å². The molecule has 5 rings (SSSR count). The van der Waals surface area contributed by atoms with Crippen LogP contribution < -0.4 is 5.32 Å². The number of rotatable bonds is 7. The predicted octanol–water partition coefficient (Wildman–Crippen LogP) is 5.49. The van der Waals surface area contributed by atoms with Crippen LogP contribution in [0.1, 0.15) is 50.7 Å². The van der Waals surface area contributed by atoms with Crippen molar-refractivity contribution in [2.45, 2.75) is 60.2 Å². The number of halogens is 1. The van der Waals surface area contributed by atoms with Gasteiger partial charge in [-0.1, -0.05) is 6.07 Å². The lowest BCUT2D eigenvalue weighted by Crippen LogP contribution is -2.48. The van der Waals surface area contributed by atoms with E-state index in [0.717, 1.165) is 60.7 Å². The van der Waals surface area contributed by atoms with Gasteiger partial charge in [0.1, 0.15) is 17.3 Å². The summed E-state index contributed by atoms with van der Waals surface area (Å²) in [5.74, 6) is 1.39. The van der Waals surface area contributed by atoms with Crippen LogP contribution in [0.4, 0.5) is 16.2 Å². The van der Waals surface area contributed by atoms with Crippen LogP contribution in [0.2, 0.25) is 0 Å². The van der Waals surface area contributed by atoms with Crippen molar-refractivity contribution in [1.82, 2.24) is 34.3 Å². The van der Waals surface area contributed by atoms with Gasteiger partial charge in [0.2, 0.25) is 5.95 Å². The van der Waals surface area contributed by atoms with Crippen LogP contribution in [-0.2, 0) is 6.54 Å². The van der Waals surface area contributed by atoms with E-state index in [1.54, 1.807) is 0 Å². The van der Waals surface area contributed by atoms with E-state index >= 15 is 0 Å². The summed E-state index contributed by atoms with van der Waals surface area (Å²) in [4.78, 5) is 23.0. The van der Waals surface area contributed by atoms with Crippen LogP contribution in [-0.4, -0.2) is 66.5 Å². The van der Waals surface area contributed by atoms with E-state index in [1.807, 2.05) is 38.2 Å². The van der Waals surface area contributed by atoms with Gasteiger partial charge in [-0.3, -0.25) is 9.80 Å². The monoisotopic (exact) mass is 516 g/mol. The van der Waals surface area contributed by atoms with Crippen LogP contribution >= 0.6 is 0 Å². The first-order valence-electron chi connectivity index (χ1n) is 13.4. The molecular weight excluding hydrogens is 479 g/mol. The summed E-state index contributed by atoms with van der Waals surface area (Å²) < 4.78 is 17.1. The number of fused-ring (bicyclic) bond motifs is 1. The zero-order chi connectivity index (χ0) is 27.0. The summed E-state index contributed by atoms with van der Waals surface area (Å²) in [6.45, 7) is 17.9. The Morgan fingerprint density at radius 1 is 0.921 bits per heavy atom. The van der Waals surface area contributed by atoms with Crippen molar-refractivity contribution in [3.63, 3.8) is 0 Å². The third-order valence-electron chi connectivity index (χ3n) is 7.30. The topological polar surface area (TPSA) is 75.0 Å². The number of hydrogen-bond donors (Lipinski definition) is 1. The molecule has 1 aromatic carbocycles. The standard InChI is InChI=1S/C29H37FN8/c1-18(2)37-11-9-36(10-12-37)17-22-7-8-26(31-15-22)34-29-32-16-24(30)28(35-29)23-13-20(5)27-25(14-23)38(19(3)4)21(6)33-27/h7-8,13-16,18-19H,9-12,17H2,1-6H3,(H,31,32,34,35). The molecule has 1 aliphatic heterocycles. The molecule has 0 atom stereocenters. The molecule has 0 saturated carbocycles. The van der Waals surface area contributed by atoms with Crippen molar-refractivity contribution in [3.8, 4) is 11.3 Å². The minimum atomic E-state index is -0.470. The highest BCUT2D eigenvalue weighted by molar-refractivity contribution is 5.85. The molecule has 200 valence electrons. The number of imidazole rings is 1. The molecule has 1 aliphatic rings. The summed E-state index contributed by atoms with van der Waals surface area (Å²) in [5.41, 5.74) is 4.99.